The molecular weight excluding hydrogens is 585 g/mol. The summed E-state index contributed by atoms with van der Waals surface area (Å²) in [4.78, 5) is 17.9. The summed E-state index contributed by atoms with van der Waals surface area (Å²) in [6.45, 7) is 8.64. The molecule has 32 heavy (non-hydrogen) atoms. The van der Waals surface area contributed by atoms with Crippen molar-refractivity contribution in [1.82, 2.24) is 9.66 Å². The van der Waals surface area contributed by atoms with Crippen LogP contribution in [0.1, 0.15) is 51.9 Å². The van der Waals surface area contributed by atoms with Gasteiger partial charge in [0.2, 0.25) is 0 Å². The van der Waals surface area contributed by atoms with Crippen LogP contribution in [0.4, 0.5) is 0 Å². The van der Waals surface area contributed by atoms with Gasteiger partial charge < -0.3 is 9.47 Å². The molecule has 8 heteroatoms. The Morgan fingerprint density at radius 2 is 2.03 bits per heavy atom. The lowest BCUT2D eigenvalue weighted by molar-refractivity contribution is 0.201. The van der Waals surface area contributed by atoms with Crippen LogP contribution in [0.5, 0.6) is 11.5 Å². The van der Waals surface area contributed by atoms with Gasteiger partial charge in [0.1, 0.15) is 5.82 Å². The lowest BCUT2D eigenvalue weighted by atomic mass is 10.2. The summed E-state index contributed by atoms with van der Waals surface area (Å²) >= 11 is 5.68. The molecule has 0 N–H and O–H groups in total. The fraction of sp³-hybridized carbons (Fsp3) is 0.375. The number of aryl methyl sites for hydroxylation is 1. The van der Waals surface area contributed by atoms with E-state index in [4.69, 9.17) is 9.47 Å². The van der Waals surface area contributed by atoms with Gasteiger partial charge in [0.05, 0.1) is 33.4 Å². The molecule has 0 spiro atoms. The van der Waals surface area contributed by atoms with Crippen molar-refractivity contribution in [3.63, 3.8) is 0 Å². The highest BCUT2D eigenvalue weighted by atomic mass is 127. The van der Waals surface area contributed by atoms with E-state index in [0.717, 1.165) is 32.2 Å². The van der Waals surface area contributed by atoms with Gasteiger partial charge >= 0.3 is 0 Å². The Kier molecular flexibility index (Phi) is 8.70. The van der Waals surface area contributed by atoms with E-state index in [-0.39, 0.29) is 11.7 Å². The van der Waals surface area contributed by atoms with E-state index >= 15 is 0 Å². The highest BCUT2D eigenvalue weighted by molar-refractivity contribution is 14.1. The summed E-state index contributed by atoms with van der Waals surface area (Å²) in [6.07, 6.45) is 4.17. The molecule has 6 nitrogen and oxygen atoms in total. The van der Waals surface area contributed by atoms with Gasteiger partial charge in [-0.2, -0.15) is 9.78 Å². The van der Waals surface area contributed by atoms with Crippen LogP contribution in [0.25, 0.3) is 10.9 Å². The standard InChI is InChI=1S/C24H27BrIN3O3/c1-5-8-22-28-20-10-9-17(25)13-18(20)24(30)29(22)27-14-16-11-19(26)23(32-15(4)6-2)21(12-16)31-7-3/h9-15H,5-8H2,1-4H3/t15-/m1/s1. The van der Waals surface area contributed by atoms with Crippen LogP contribution < -0.4 is 15.0 Å². The Morgan fingerprint density at radius 1 is 1.25 bits per heavy atom. The molecule has 3 rings (SSSR count). The molecule has 3 aromatic rings. The van der Waals surface area contributed by atoms with Crippen LogP contribution in [0.15, 0.2) is 44.7 Å². The van der Waals surface area contributed by atoms with E-state index < -0.39 is 0 Å². The molecule has 0 saturated carbocycles. The molecule has 1 atom stereocenters. The molecule has 0 saturated heterocycles. The second kappa shape index (κ2) is 11.3. The minimum atomic E-state index is -0.188. The van der Waals surface area contributed by atoms with Gasteiger partial charge in [0.15, 0.2) is 11.5 Å². The summed E-state index contributed by atoms with van der Waals surface area (Å²) in [5, 5.41) is 5.05. The molecule has 1 heterocycles. The number of nitrogens with zero attached hydrogens (tertiary/aromatic N) is 3. The van der Waals surface area contributed by atoms with E-state index in [1.54, 1.807) is 12.3 Å². The lowest BCUT2D eigenvalue weighted by Gasteiger charge is -2.18. The third-order valence-corrected chi connectivity index (χ3v) is 6.19. The predicted molar refractivity (Wildman–Crippen MR) is 141 cm³/mol. The zero-order chi connectivity index (χ0) is 23.3. The number of ether oxygens (including phenoxy) is 2. The van der Waals surface area contributed by atoms with Crippen molar-refractivity contribution in [3.05, 3.63) is 60.1 Å². The molecule has 0 aliphatic carbocycles. The summed E-state index contributed by atoms with van der Waals surface area (Å²) in [5.41, 5.74) is 1.30. The number of hydrogen-bond acceptors (Lipinski definition) is 5. The second-order valence-electron chi connectivity index (χ2n) is 7.40. The van der Waals surface area contributed by atoms with E-state index in [9.17, 15) is 4.79 Å². The summed E-state index contributed by atoms with van der Waals surface area (Å²) in [6, 6.07) is 9.38. The number of halogens is 2. The van der Waals surface area contributed by atoms with Gasteiger partial charge in [0, 0.05) is 10.9 Å². The quantitative estimate of drug-likeness (QED) is 0.214. The first kappa shape index (κ1) is 24.7. The maximum Gasteiger partial charge on any atom is 0.282 e. The van der Waals surface area contributed by atoms with Crippen LogP contribution in [-0.4, -0.2) is 28.6 Å². The van der Waals surface area contributed by atoms with E-state index in [1.807, 2.05) is 38.1 Å². The van der Waals surface area contributed by atoms with Crippen LogP contribution in [0.2, 0.25) is 0 Å². The Balaban J connectivity index is 2.07. The average molecular weight is 612 g/mol. The van der Waals surface area contributed by atoms with E-state index in [2.05, 4.69) is 62.5 Å². The fourth-order valence-corrected chi connectivity index (χ4v) is 4.26. The van der Waals surface area contributed by atoms with Crippen molar-refractivity contribution in [1.29, 1.82) is 0 Å². The van der Waals surface area contributed by atoms with Crippen molar-refractivity contribution in [2.75, 3.05) is 6.61 Å². The predicted octanol–water partition coefficient (Wildman–Crippen LogP) is 6.17. The molecular formula is C24H27BrIN3O3. The number of rotatable bonds is 9. The highest BCUT2D eigenvalue weighted by Crippen LogP contribution is 2.35. The van der Waals surface area contributed by atoms with Crippen molar-refractivity contribution in [2.24, 2.45) is 5.10 Å². The fourth-order valence-electron chi connectivity index (χ4n) is 3.15. The van der Waals surface area contributed by atoms with Crippen molar-refractivity contribution < 1.29 is 9.47 Å². The molecule has 1 aromatic heterocycles. The van der Waals surface area contributed by atoms with Crippen LogP contribution in [-0.2, 0) is 6.42 Å². The molecule has 0 aliphatic heterocycles. The topological polar surface area (TPSA) is 65.7 Å². The lowest BCUT2D eigenvalue weighted by Crippen LogP contribution is -2.22. The Bertz CT molecular complexity index is 1190. The molecule has 0 aliphatic rings. The smallest absolute Gasteiger partial charge is 0.282 e. The third-order valence-electron chi connectivity index (χ3n) is 4.90. The van der Waals surface area contributed by atoms with Crippen molar-refractivity contribution in [2.45, 2.75) is 53.1 Å². The first-order valence-corrected chi connectivity index (χ1v) is 12.6. The molecule has 0 fully saturated rings. The summed E-state index contributed by atoms with van der Waals surface area (Å²) in [5.74, 6) is 2.04. The number of benzene rings is 2. The van der Waals surface area contributed by atoms with Gasteiger partial charge in [-0.05, 0) is 85.2 Å². The van der Waals surface area contributed by atoms with E-state index in [0.29, 0.717) is 35.5 Å². The Labute approximate surface area is 210 Å². The third kappa shape index (κ3) is 5.70. The zero-order valence-electron chi connectivity index (χ0n) is 18.7. The first-order valence-electron chi connectivity index (χ1n) is 10.8. The molecule has 0 radical (unpaired) electrons. The maximum atomic E-state index is 13.2. The average Bonchev–Trinajstić information content (AvgIpc) is 2.76. The van der Waals surface area contributed by atoms with Gasteiger partial charge in [0.25, 0.3) is 5.56 Å². The Hall–Kier alpha value is -1.94. The van der Waals surface area contributed by atoms with Gasteiger partial charge in [-0.1, -0.05) is 29.8 Å². The molecule has 2 aromatic carbocycles. The van der Waals surface area contributed by atoms with Gasteiger partial charge in [-0.3, -0.25) is 4.79 Å². The second-order valence-corrected chi connectivity index (χ2v) is 9.48. The normalized spacial score (nSPS) is 12.4. The highest BCUT2D eigenvalue weighted by Gasteiger charge is 2.15. The van der Waals surface area contributed by atoms with Gasteiger partial charge in [-0.25, -0.2) is 4.98 Å². The maximum absolute atomic E-state index is 13.2. The molecule has 170 valence electrons. The van der Waals surface area contributed by atoms with Crippen LogP contribution in [0.3, 0.4) is 0 Å². The molecule has 0 bridgehead atoms. The Morgan fingerprint density at radius 3 is 2.72 bits per heavy atom. The van der Waals surface area contributed by atoms with Crippen molar-refractivity contribution in [3.8, 4) is 11.5 Å². The zero-order valence-corrected chi connectivity index (χ0v) is 22.4. The largest absolute Gasteiger partial charge is 0.490 e. The summed E-state index contributed by atoms with van der Waals surface area (Å²) < 4.78 is 15.1. The van der Waals surface area contributed by atoms with Crippen LogP contribution in [0, 0.1) is 3.57 Å². The monoisotopic (exact) mass is 611 g/mol. The SMILES string of the molecule is CCCc1nc2ccc(Br)cc2c(=O)n1N=Cc1cc(I)c(O[C@H](C)CC)c(OCC)c1. The minimum absolute atomic E-state index is 0.0837. The van der Waals surface area contributed by atoms with Crippen LogP contribution >= 0.6 is 38.5 Å². The number of fused-ring (bicyclic) bond motifs is 1. The number of hydrogen-bond donors (Lipinski definition) is 0. The number of aromatic nitrogens is 2. The molecule has 0 unspecified atom stereocenters. The molecule has 0 amide bonds. The van der Waals surface area contributed by atoms with E-state index in [1.165, 1.54) is 4.68 Å². The van der Waals surface area contributed by atoms with Crippen molar-refractivity contribution >= 4 is 55.6 Å². The minimum Gasteiger partial charge on any atom is -0.490 e. The van der Waals surface area contributed by atoms with Gasteiger partial charge in [-0.15, -0.1) is 0 Å². The first-order chi connectivity index (χ1) is 15.4. The summed E-state index contributed by atoms with van der Waals surface area (Å²) in [7, 11) is 0.